The minimum Gasteiger partial charge on any atom is -0.489 e. The Hall–Kier alpha value is -3.68. The van der Waals surface area contributed by atoms with Crippen molar-refractivity contribution in [3.63, 3.8) is 0 Å². The second-order valence-corrected chi connectivity index (χ2v) is 7.53. The highest BCUT2D eigenvalue weighted by atomic mass is 16.5. The molecular formula is C23H23N3O5. The largest absolute Gasteiger partial charge is 0.489 e. The molecule has 0 bridgehead atoms. The lowest BCUT2D eigenvalue weighted by Crippen LogP contribution is -2.52. The van der Waals surface area contributed by atoms with E-state index in [1.165, 1.54) is 4.90 Å². The molecule has 1 fully saturated rings. The molecule has 2 aliphatic heterocycles. The van der Waals surface area contributed by atoms with Crippen molar-refractivity contribution in [1.82, 2.24) is 15.5 Å². The first-order valence-corrected chi connectivity index (χ1v) is 10.2. The second kappa shape index (κ2) is 8.59. The van der Waals surface area contributed by atoms with E-state index in [9.17, 15) is 19.2 Å². The summed E-state index contributed by atoms with van der Waals surface area (Å²) in [4.78, 5) is 49.9. The summed E-state index contributed by atoms with van der Waals surface area (Å²) in [5.41, 5.74) is 2.71. The third-order valence-electron chi connectivity index (χ3n) is 5.49. The van der Waals surface area contributed by atoms with Gasteiger partial charge in [0, 0.05) is 29.7 Å². The van der Waals surface area contributed by atoms with E-state index in [0.29, 0.717) is 29.8 Å². The summed E-state index contributed by atoms with van der Waals surface area (Å²) in [6, 6.07) is 11.7. The Labute approximate surface area is 179 Å². The van der Waals surface area contributed by atoms with Gasteiger partial charge in [-0.2, -0.15) is 0 Å². The number of rotatable bonds is 6. The first kappa shape index (κ1) is 20.6. The molecule has 1 saturated heterocycles. The Balaban J connectivity index is 1.46. The minimum absolute atomic E-state index is 0.122. The number of ether oxygens (including phenoxy) is 1. The Morgan fingerprint density at radius 1 is 1.16 bits per heavy atom. The van der Waals surface area contributed by atoms with Crippen LogP contribution in [0, 0.1) is 0 Å². The Morgan fingerprint density at radius 2 is 1.94 bits per heavy atom. The zero-order valence-electron chi connectivity index (χ0n) is 17.1. The van der Waals surface area contributed by atoms with Gasteiger partial charge in [0.1, 0.15) is 18.4 Å². The van der Waals surface area contributed by atoms with Crippen LogP contribution in [0.4, 0.5) is 0 Å². The van der Waals surface area contributed by atoms with Gasteiger partial charge in [-0.3, -0.25) is 24.5 Å². The highest BCUT2D eigenvalue weighted by Crippen LogP contribution is 2.33. The van der Waals surface area contributed by atoms with Crippen molar-refractivity contribution in [2.45, 2.75) is 39.0 Å². The van der Waals surface area contributed by atoms with Crippen molar-refractivity contribution in [2.24, 2.45) is 0 Å². The fourth-order valence-electron chi connectivity index (χ4n) is 3.87. The minimum atomic E-state index is -0.660. The third-order valence-corrected chi connectivity index (χ3v) is 5.49. The molecule has 4 rings (SSSR count). The Bertz CT molecular complexity index is 1050. The lowest BCUT2D eigenvalue weighted by molar-refractivity contribution is -0.136. The van der Waals surface area contributed by atoms with Crippen LogP contribution in [0.25, 0.3) is 0 Å². The van der Waals surface area contributed by atoms with Gasteiger partial charge in [0.2, 0.25) is 11.8 Å². The molecule has 2 aromatic carbocycles. The number of hydrogen-bond donors (Lipinski definition) is 2. The highest BCUT2D eigenvalue weighted by Gasteiger charge is 2.40. The summed E-state index contributed by atoms with van der Waals surface area (Å²) < 4.78 is 5.98. The second-order valence-electron chi connectivity index (χ2n) is 7.53. The van der Waals surface area contributed by atoms with Crippen molar-refractivity contribution in [2.75, 3.05) is 6.54 Å². The number of carbonyl (C=O) groups is 4. The van der Waals surface area contributed by atoms with Crippen LogP contribution in [-0.4, -0.2) is 41.1 Å². The smallest absolute Gasteiger partial charge is 0.255 e. The number of fused-ring (bicyclic) bond motifs is 1. The van der Waals surface area contributed by atoms with E-state index in [0.717, 1.165) is 11.1 Å². The molecule has 0 aromatic heterocycles. The number of nitrogens with zero attached hydrogens (tertiary/aromatic N) is 1. The van der Waals surface area contributed by atoms with E-state index in [1.54, 1.807) is 30.3 Å². The summed E-state index contributed by atoms with van der Waals surface area (Å²) in [6.45, 7) is 2.97. The fourth-order valence-corrected chi connectivity index (χ4v) is 3.87. The standard InChI is InChI=1S/C23H23N3O5/c1-2-24-21(28)15-8-6-14(7-9-15)13-31-19-5-3-4-16-17(19)12-26(23(16)30)18-10-11-20(27)25-22(18)29/h3-9,18H,2,10-13H2,1H3,(H,24,28)(H,25,27,29). The van der Waals surface area contributed by atoms with Gasteiger partial charge in [0.05, 0.1) is 6.54 Å². The topological polar surface area (TPSA) is 105 Å². The molecule has 1 unspecified atom stereocenters. The monoisotopic (exact) mass is 421 g/mol. The number of hydrogen-bond acceptors (Lipinski definition) is 5. The van der Waals surface area contributed by atoms with Crippen LogP contribution in [0.3, 0.4) is 0 Å². The van der Waals surface area contributed by atoms with Gasteiger partial charge in [0.15, 0.2) is 0 Å². The highest BCUT2D eigenvalue weighted by molar-refractivity contribution is 6.05. The summed E-state index contributed by atoms with van der Waals surface area (Å²) in [6.07, 6.45) is 0.532. The molecule has 2 aromatic rings. The molecule has 160 valence electrons. The number of nitrogens with one attached hydrogen (secondary N) is 2. The van der Waals surface area contributed by atoms with Crippen LogP contribution in [-0.2, 0) is 22.7 Å². The third kappa shape index (κ3) is 4.14. The predicted molar refractivity (Wildman–Crippen MR) is 111 cm³/mol. The Kier molecular flexibility index (Phi) is 5.70. The molecule has 8 nitrogen and oxygen atoms in total. The average molecular weight is 421 g/mol. The number of carbonyl (C=O) groups excluding carboxylic acids is 4. The lowest BCUT2D eigenvalue weighted by atomic mass is 10.0. The molecule has 8 heteroatoms. The summed E-state index contributed by atoms with van der Waals surface area (Å²) in [5.74, 6) is -0.530. The van der Waals surface area contributed by atoms with Gasteiger partial charge in [-0.05, 0) is 43.2 Å². The molecule has 2 aliphatic rings. The van der Waals surface area contributed by atoms with Gasteiger partial charge in [-0.1, -0.05) is 18.2 Å². The predicted octanol–water partition coefficient (Wildman–Crippen LogP) is 1.78. The number of amides is 4. The number of piperidine rings is 1. The maximum absolute atomic E-state index is 12.9. The van der Waals surface area contributed by atoms with E-state index in [-0.39, 0.29) is 37.3 Å². The first-order chi connectivity index (χ1) is 15.0. The molecule has 0 saturated carbocycles. The molecule has 0 aliphatic carbocycles. The maximum Gasteiger partial charge on any atom is 0.255 e. The SMILES string of the molecule is CCNC(=O)c1ccc(COc2cccc3c2CN(C2CCC(=O)NC2=O)C3=O)cc1. The normalized spacial score (nSPS) is 17.9. The molecule has 2 heterocycles. The summed E-state index contributed by atoms with van der Waals surface area (Å²) in [5, 5.41) is 5.06. The lowest BCUT2D eigenvalue weighted by Gasteiger charge is -2.29. The number of benzene rings is 2. The van der Waals surface area contributed by atoms with Crippen LogP contribution in [0.15, 0.2) is 42.5 Å². The molecular weight excluding hydrogens is 398 g/mol. The van der Waals surface area contributed by atoms with Crippen molar-refractivity contribution in [3.05, 3.63) is 64.7 Å². The van der Waals surface area contributed by atoms with Gasteiger partial charge < -0.3 is 15.0 Å². The number of imide groups is 1. The molecule has 0 spiro atoms. The van der Waals surface area contributed by atoms with Crippen LogP contribution >= 0.6 is 0 Å². The van der Waals surface area contributed by atoms with Crippen molar-refractivity contribution >= 4 is 23.6 Å². The van der Waals surface area contributed by atoms with Gasteiger partial charge >= 0.3 is 0 Å². The van der Waals surface area contributed by atoms with Crippen molar-refractivity contribution in [1.29, 1.82) is 0 Å². The summed E-state index contributed by atoms with van der Waals surface area (Å²) >= 11 is 0. The van der Waals surface area contributed by atoms with Crippen molar-refractivity contribution < 1.29 is 23.9 Å². The van der Waals surface area contributed by atoms with Crippen LogP contribution in [0.5, 0.6) is 5.75 Å². The molecule has 2 N–H and O–H groups in total. The van der Waals surface area contributed by atoms with Crippen LogP contribution < -0.4 is 15.4 Å². The van der Waals surface area contributed by atoms with Gasteiger partial charge in [0.25, 0.3) is 11.8 Å². The molecule has 4 amide bonds. The zero-order chi connectivity index (χ0) is 22.0. The van der Waals surface area contributed by atoms with Gasteiger partial charge in [-0.15, -0.1) is 0 Å². The maximum atomic E-state index is 12.9. The zero-order valence-corrected chi connectivity index (χ0v) is 17.1. The summed E-state index contributed by atoms with van der Waals surface area (Å²) in [7, 11) is 0. The quantitative estimate of drug-likeness (QED) is 0.692. The van der Waals surface area contributed by atoms with E-state index < -0.39 is 11.9 Å². The first-order valence-electron chi connectivity index (χ1n) is 10.2. The average Bonchev–Trinajstić information content (AvgIpc) is 3.10. The van der Waals surface area contributed by atoms with Crippen LogP contribution in [0.2, 0.25) is 0 Å². The van der Waals surface area contributed by atoms with Crippen LogP contribution in [0.1, 0.15) is 51.6 Å². The van der Waals surface area contributed by atoms with E-state index in [4.69, 9.17) is 4.74 Å². The van der Waals surface area contributed by atoms with E-state index >= 15 is 0 Å². The van der Waals surface area contributed by atoms with E-state index in [2.05, 4.69) is 10.6 Å². The van der Waals surface area contributed by atoms with Gasteiger partial charge in [-0.25, -0.2) is 0 Å². The molecule has 1 atom stereocenters. The molecule has 0 radical (unpaired) electrons. The van der Waals surface area contributed by atoms with Crippen molar-refractivity contribution in [3.8, 4) is 5.75 Å². The van der Waals surface area contributed by atoms with E-state index in [1.807, 2.05) is 19.1 Å². The fraction of sp³-hybridized carbons (Fsp3) is 0.304. The Morgan fingerprint density at radius 3 is 2.65 bits per heavy atom. The molecule has 31 heavy (non-hydrogen) atoms.